The highest BCUT2D eigenvalue weighted by atomic mass is 35.5. The van der Waals surface area contributed by atoms with E-state index in [2.05, 4.69) is 24.5 Å². The topological polar surface area (TPSA) is 101 Å². The van der Waals surface area contributed by atoms with Crippen molar-refractivity contribution >= 4 is 38.3 Å². The molecule has 1 aromatic heterocycles. The van der Waals surface area contributed by atoms with E-state index >= 15 is 0 Å². The number of hydrogen-bond acceptors (Lipinski definition) is 5. The molecule has 0 amide bonds. The molecule has 1 fully saturated rings. The summed E-state index contributed by atoms with van der Waals surface area (Å²) in [5, 5.41) is 0.511. The smallest absolute Gasteiger partial charge is 0.323 e. The van der Waals surface area contributed by atoms with Gasteiger partial charge in [-0.3, -0.25) is 4.90 Å². The third kappa shape index (κ3) is 5.30. The molecule has 1 saturated heterocycles. The average Bonchev–Trinajstić information content (AvgIpc) is 3.14. The quantitative estimate of drug-likeness (QED) is 0.445. The first-order chi connectivity index (χ1) is 14.9. The molecule has 0 bridgehead atoms. The van der Waals surface area contributed by atoms with Crippen LogP contribution in [0.1, 0.15) is 12.8 Å². The van der Waals surface area contributed by atoms with Gasteiger partial charge in [0, 0.05) is 37.7 Å². The van der Waals surface area contributed by atoms with Crippen molar-refractivity contribution in [3.63, 3.8) is 0 Å². The van der Waals surface area contributed by atoms with Gasteiger partial charge < -0.3 is 14.9 Å². The number of benzene rings is 2. The second kappa shape index (κ2) is 9.44. The minimum Gasteiger partial charge on any atom is -0.367 e. The van der Waals surface area contributed by atoms with Crippen molar-refractivity contribution in [1.82, 2.24) is 19.6 Å². The van der Waals surface area contributed by atoms with Gasteiger partial charge in [0.15, 0.2) is 0 Å². The largest absolute Gasteiger partial charge is 0.367 e. The van der Waals surface area contributed by atoms with Crippen molar-refractivity contribution in [2.45, 2.75) is 17.7 Å². The molecule has 8 nitrogen and oxygen atoms in total. The van der Waals surface area contributed by atoms with Crippen molar-refractivity contribution in [1.29, 1.82) is 0 Å². The molecule has 2 aromatic carbocycles. The number of halogens is 1. The van der Waals surface area contributed by atoms with Gasteiger partial charge in [-0.05, 0) is 55.8 Å². The lowest BCUT2D eigenvalue weighted by Gasteiger charge is -2.36. The second-order valence-corrected chi connectivity index (χ2v) is 9.87. The highest BCUT2D eigenvalue weighted by Crippen LogP contribution is 2.24. The van der Waals surface area contributed by atoms with Crippen LogP contribution in [0, 0.1) is 0 Å². The van der Waals surface area contributed by atoms with Gasteiger partial charge in [0.05, 0.1) is 21.6 Å². The molecular weight excluding hydrogens is 438 g/mol. The van der Waals surface area contributed by atoms with E-state index in [9.17, 15) is 13.2 Å². The Hall–Kier alpha value is -2.33. The maximum Gasteiger partial charge on any atom is 0.323 e. The Morgan fingerprint density at radius 3 is 2.45 bits per heavy atom. The number of anilines is 1. The first-order valence-electron chi connectivity index (χ1n) is 10.4. The fraction of sp³-hybridized carbons (Fsp3) is 0.381. The van der Waals surface area contributed by atoms with Gasteiger partial charge in [0.1, 0.15) is 0 Å². The van der Waals surface area contributed by atoms with Gasteiger partial charge >= 0.3 is 5.69 Å². The maximum atomic E-state index is 12.3. The van der Waals surface area contributed by atoms with Gasteiger partial charge in [-0.15, -0.1) is 0 Å². The number of unbranched alkanes of at least 4 members (excludes halogenated alkanes) is 1. The van der Waals surface area contributed by atoms with Crippen molar-refractivity contribution in [2.24, 2.45) is 0 Å². The number of fused-ring (bicyclic) bond motifs is 1. The zero-order valence-electron chi connectivity index (χ0n) is 17.1. The molecule has 0 aliphatic carbocycles. The van der Waals surface area contributed by atoms with Gasteiger partial charge in [-0.25, -0.2) is 17.9 Å². The highest BCUT2D eigenvalue weighted by Gasteiger charge is 2.19. The Kier molecular flexibility index (Phi) is 6.66. The molecule has 3 N–H and O–H groups in total. The van der Waals surface area contributed by atoms with Crippen LogP contribution in [-0.4, -0.2) is 62.6 Å². The van der Waals surface area contributed by atoms with Gasteiger partial charge in [0.2, 0.25) is 10.0 Å². The molecule has 0 radical (unpaired) electrons. The SMILES string of the molecule is O=c1[nH]c2cccc(N3CCN(CCCCNS(=O)(=O)c4ccc(Cl)cc4)CC3)c2[nH]1. The lowest BCUT2D eigenvalue weighted by molar-refractivity contribution is 0.253. The summed E-state index contributed by atoms with van der Waals surface area (Å²) in [7, 11) is -3.49. The lowest BCUT2D eigenvalue weighted by Crippen LogP contribution is -2.46. The fourth-order valence-corrected chi connectivity index (χ4v) is 5.08. The number of nitrogens with one attached hydrogen (secondary N) is 3. The monoisotopic (exact) mass is 463 g/mol. The predicted molar refractivity (Wildman–Crippen MR) is 123 cm³/mol. The number of aromatic nitrogens is 2. The maximum absolute atomic E-state index is 12.3. The first-order valence-corrected chi connectivity index (χ1v) is 12.2. The molecule has 0 atom stereocenters. The summed E-state index contributed by atoms with van der Waals surface area (Å²) >= 11 is 5.81. The van der Waals surface area contributed by atoms with Crippen LogP contribution in [0.2, 0.25) is 5.02 Å². The standard InChI is InChI=1S/C21H26ClN5O3S/c22-16-6-8-17(9-7-16)31(29,30)23-10-1-2-11-26-12-14-27(15-13-26)19-5-3-4-18-20(19)25-21(28)24-18/h3-9,23H,1-2,10-15H2,(H2,24,25,28). The minimum absolute atomic E-state index is 0.187. The molecule has 1 aliphatic rings. The molecule has 2 heterocycles. The van der Waals surface area contributed by atoms with Crippen molar-refractivity contribution < 1.29 is 8.42 Å². The number of hydrogen-bond donors (Lipinski definition) is 3. The molecule has 166 valence electrons. The number of para-hydroxylation sites is 1. The minimum atomic E-state index is -3.49. The van der Waals surface area contributed by atoms with E-state index in [1.807, 2.05) is 18.2 Å². The van der Waals surface area contributed by atoms with Crippen LogP contribution >= 0.6 is 11.6 Å². The van der Waals surface area contributed by atoms with E-state index in [-0.39, 0.29) is 10.6 Å². The summed E-state index contributed by atoms with van der Waals surface area (Å²) in [5.74, 6) is 0. The molecule has 0 saturated carbocycles. The molecular formula is C21H26ClN5O3S. The van der Waals surface area contributed by atoms with E-state index in [0.717, 1.165) is 62.3 Å². The van der Waals surface area contributed by atoms with E-state index in [1.54, 1.807) is 12.1 Å². The molecule has 3 aromatic rings. The predicted octanol–water partition coefficient (Wildman–Crippen LogP) is 2.39. The number of nitrogens with zero attached hydrogens (tertiary/aromatic N) is 2. The number of rotatable bonds is 8. The Bertz CT molecular complexity index is 1180. The number of H-pyrrole nitrogens is 2. The average molecular weight is 464 g/mol. The molecule has 10 heteroatoms. The van der Waals surface area contributed by atoms with E-state index < -0.39 is 10.0 Å². The Morgan fingerprint density at radius 2 is 1.71 bits per heavy atom. The second-order valence-electron chi connectivity index (χ2n) is 7.67. The Balaban J connectivity index is 1.20. The zero-order chi connectivity index (χ0) is 21.8. The number of imidazole rings is 1. The lowest BCUT2D eigenvalue weighted by atomic mass is 10.2. The van der Waals surface area contributed by atoms with Crippen LogP contribution in [0.4, 0.5) is 5.69 Å². The summed E-state index contributed by atoms with van der Waals surface area (Å²) in [5.41, 5.74) is 2.54. The van der Waals surface area contributed by atoms with Crippen LogP contribution < -0.4 is 15.3 Å². The Labute approximate surface area is 186 Å². The summed E-state index contributed by atoms with van der Waals surface area (Å²) in [6.45, 7) is 4.98. The van der Waals surface area contributed by atoms with Gasteiger partial charge in [0.25, 0.3) is 0 Å². The summed E-state index contributed by atoms with van der Waals surface area (Å²) < 4.78 is 27.2. The third-order valence-electron chi connectivity index (χ3n) is 5.56. The van der Waals surface area contributed by atoms with Crippen molar-refractivity contribution in [3.05, 3.63) is 58.0 Å². The van der Waals surface area contributed by atoms with Gasteiger partial charge in [-0.2, -0.15) is 0 Å². The van der Waals surface area contributed by atoms with Crippen LogP contribution in [-0.2, 0) is 10.0 Å². The zero-order valence-corrected chi connectivity index (χ0v) is 18.7. The van der Waals surface area contributed by atoms with Crippen LogP contribution in [0.25, 0.3) is 11.0 Å². The van der Waals surface area contributed by atoms with Gasteiger partial charge in [-0.1, -0.05) is 17.7 Å². The van der Waals surface area contributed by atoms with Crippen molar-refractivity contribution in [3.8, 4) is 0 Å². The number of piperazine rings is 1. The van der Waals surface area contributed by atoms with Crippen LogP contribution in [0.3, 0.4) is 0 Å². The fourth-order valence-electron chi connectivity index (χ4n) is 3.88. The summed E-state index contributed by atoms with van der Waals surface area (Å²) in [4.78, 5) is 22.2. The van der Waals surface area contributed by atoms with E-state index in [1.165, 1.54) is 12.1 Å². The highest BCUT2D eigenvalue weighted by molar-refractivity contribution is 7.89. The number of sulfonamides is 1. The number of aromatic amines is 2. The summed E-state index contributed by atoms with van der Waals surface area (Å²) in [6.07, 6.45) is 1.70. The molecule has 0 spiro atoms. The molecule has 31 heavy (non-hydrogen) atoms. The van der Waals surface area contributed by atoms with Crippen molar-refractivity contribution in [2.75, 3.05) is 44.2 Å². The Morgan fingerprint density at radius 1 is 0.968 bits per heavy atom. The third-order valence-corrected chi connectivity index (χ3v) is 7.29. The van der Waals surface area contributed by atoms with E-state index in [4.69, 9.17) is 11.6 Å². The van der Waals surface area contributed by atoms with Crippen LogP contribution in [0.15, 0.2) is 52.2 Å². The van der Waals surface area contributed by atoms with Crippen LogP contribution in [0.5, 0.6) is 0 Å². The first kappa shape index (κ1) is 21.9. The molecule has 0 unspecified atom stereocenters. The molecule has 1 aliphatic heterocycles. The van der Waals surface area contributed by atoms with E-state index in [0.29, 0.717) is 11.6 Å². The normalized spacial score (nSPS) is 15.6. The summed E-state index contributed by atoms with van der Waals surface area (Å²) in [6, 6.07) is 12.1. The molecule has 4 rings (SSSR count).